The Labute approximate surface area is 168 Å². The second-order valence-electron chi connectivity index (χ2n) is 7.19. The maximum absolute atomic E-state index is 12.7. The summed E-state index contributed by atoms with van der Waals surface area (Å²) in [5.41, 5.74) is 6.41. The van der Waals surface area contributed by atoms with E-state index in [1.807, 2.05) is 19.3 Å². The van der Waals surface area contributed by atoms with Crippen molar-refractivity contribution in [1.82, 2.24) is 4.57 Å². The van der Waals surface area contributed by atoms with Crippen molar-refractivity contribution in [2.45, 2.75) is 32.7 Å². The van der Waals surface area contributed by atoms with Gasteiger partial charge in [0.15, 0.2) is 6.54 Å². The van der Waals surface area contributed by atoms with Crippen molar-refractivity contribution in [1.29, 1.82) is 0 Å². The van der Waals surface area contributed by atoms with E-state index in [2.05, 4.69) is 16.0 Å². The number of esters is 1. The molecule has 1 aliphatic heterocycles. The van der Waals surface area contributed by atoms with Crippen molar-refractivity contribution in [3.8, 4) is 0 Å². The topological polar surface area (TPSA) is 121 Å². The number of aryl methyl sites for hydroxylation is 2. The zero-order chi connectivity index (χ0) is 21.1. The highest BCUT2D eigenvalue weighted by Crippen LogP contribution is 2.27. The van der Waals surface area contributed by atoms with Gasteiger partial charge in [0, 0.05) is 26.1 Å². The zero-order valence-electron chi connectivity index (χ0n) is 16.9. The lowest BCUT2D eigenvalue weighted by atomic mass is 10.1. The molecule has 1 saturated heterocycles. The Morgan fingerprint density at radius 1 is 1.38 bits per heavy atom. The first-order chi connectivity index (χ1) is 13.8. The second-order valence-corrected chi connectivity index (χ2v) is 7.19. The predicted octanol–water partition coefficient (Wildman–Crippen LogP) is 0.561. The molecule has 0 aromatic carbocycles. The van der Waals surface area contributed by atoms with E-state index >= 15 is 0 Å². The first kappa shape index (κ1) is 20.7. The average molecular weight is 403 g/mol. The van der Waals surface area contributed by atoms with Crippen molar-refractivity contribution < 1.29 is 28.4 Å². The van der Waals surface area contributed by atoms with Crippen molar-refractivity contribution >= 4 is 23.7 Å². The standard InChI is InChI=1S/C20H26N4O5/c1-4-28-20(27)16-12(2)29-19(17(16)18(21)26)22-15(25)11-24-10-6-8-14(24)13-7-5-9-23(13)3/h5,7,9,14H,4,6,8,10-11H2,1-3H3,(H2,21,26)(H,22,25)/p+1/t14-/m0/s1. The lowest BCUT2D eigenvalue weighted by Gasteiger charge is -2.21. The number of carbonyl (C=O) groups is 3. The lowest BCUT2D eigenvalue weighted by molar-refractivity contribution is -0.910. The monoisotopic (exact) mass is 403 g/mol. The largest absolute Gasteiger partial charge is 0.462 e. The van der Waals surface area contributed by atoms with Crippen LogP contribution in [0, 0.1) is 6.92 Å². The zero-order valence-corrected chi connectivity index (χ0v) is 16.9. The summed E-state index contributed by atoms with van der Waals surface area (Å²) >= 11 is 0. The van der Waals surface area contributed by atoms with Crippen LogP contribution >= 0.6 is 0 Å². The fraction of sp³-hybridized carbons (Fsp3) is 0.450. The number of quaternary nitrogens is 1. The quantitative estimate of drug-likeness (QED) is 0.584. The highest BCUT2D eigenvalue weighted by Gasteiger charge is 2.34. The molecule has 3 rings (SSSR count). The number of nitrogens with one attached hydrogen (secondary N) is 2. The van der Waals surface area contributed by atoms with Crippen molar-refractivity contribution in [3.63, 3.8) is 0 Å². The van der Waals surface area contributed by atoms with Gasteiger partial charge in [-0.15, -0.1) is 0 Å². The summed E-state index contributed by atoms with van der Waals surface area (Å²) < 4.78 is 12.5. The highest BCUT2D eigenvalue weighted by atomic mass is 16.5. The minimum Gasteiger partial charge on any atom is -0.462 e. The van der Waals surface area contributed by atoms with Crippen molar-refractivity contribution in [2.24, 2.45) is 12.8 Å². The Bertz CT molecular complexity index is 929. The van der Waals surface area contributed by atoms with Crippen LogP contribution in [0.25, 0.3) is 0 Å². The third-order valence-electron chi connectivity index (χ3n) is 5.28. The van der Waals surface area contributed by atoms with Crippen LogP contribution in [-0.2, 0) is 16.6 Å². The number of anilines is 1. The molecule has 0 aliphatic carbocycles. The minimum absolute atomic E-state index is 0.0511. The van der Waals surface area contributed by atoms with Crippen LogP contribution in [0.5, 0.6) is 0 Å². The number of hydrogen-bond donors (Lipinski definition) is 3. The van der Waals surface area contributed by atoms with Gasteiger partial charge in [-0.25, -0.2) is 4.79 Å². The molecule has 9 nitrogen and oxygen atoms in total. The van der Waals surface area contributed by atoms with Gasteiger partial charge in [0.05, 0.1) is 18.8 Å². The van der Waals surface area contributed by atoms with Gasteiger partial charge in [-0.05, 0) is 26.0 Å². The SMILES string of the molecule is CCOC(=O)c1c(C)oc(NC(=O)C[NH+]2CCC[C@H]2c2cccn2C)c1C(N)=O. The van der Waals surface area contributed by atoms with Crippen LogP contribution in [0.15, 0.2) is 22.7 Å². The molecule has 3 heterocycles. The van der Waals surface area contributed by atoms with Gasteiger partial charge in [0.2, 0.25) is 5.88 Å². The predicted molar refractivity (Wildman–Crippen MR) is 105 cm³/mol. The van der Waals surface area contributed by atoms with Crippen LogP contribution < -0.4 is 16.0 Å². The number of furan rings is 1. The molecule has 9 heteroatoms. The summed E-state index contributed by atoms with van der Waals surface area (Å²) in [4.78, 5) is 37.9. The number of carbonyl (C=O) groups excluding carboxylic acids is 3. The van der Waals surface area contributed by atoms with E-state index in [9.17, 15) is 14.4 Å². The number of nitrogens with zero attached hydrogens (tertiary/aromatic N) is 1. The molecular weight excluding hydrogens is 376 g/mol. The normalized spacial score (nSPS) is 18.6. The van der Waals surface area contributed by atoms with Crippen LogP contribution in [0.3, 0.4) is 0 Å². The molecule has 2 aromatic rings. The molecule has 2 atom stereocenters. The van der Waals surface area contributed by atoms with Gasteiger partial charge in [0.25, 0.3) is 11.8 Å². The number of nitrogens with two attached hydrogens (primary N) is 1. The molecule has 2 amide bonds. The molecular formula is C20H27N4O5+. The fourth-order valence-corrected chi connectivity index (χ4v) is 4.01. The molecule has 0 spiro atoms. The van der Waals surface area contributed by atoms with E-state index in [1.165, 1.54) is 12.6 Å². The maximum Gasteiger partial charge on any atom is 0.342 e. The summed E-state index contributed by atoms with van der Waals surface area (Å²) in [5, 5.41) is 2.62. The Hall–Kier alpha value is -3.07. The number of rotatable bonds is 7. The number of primary amides is 1. The Balaban J connectivity index is 1.77. The molecule has 4 N–H and O–H groups in total. The average Bonchev–Trinajstić information content (AvgIpc) is 3.33. The van der Waals surface area contributed by atoms with Gasteiger partial charge >= 0.3 is 5.97 Å². The fourth-order valence-electron chi connectivity index (χ4n) is 4.01. The molecule has 1 unspecified atom stereocenters. The molecule has 1 aliphatic rings. The molecule has 29 heavy (non-hydrogen) atoms. The van der Waals surface area contributed by atoms with E-state index < -0.39 is 11.9 Å². The van der Waals surface area contributed by atoms with Crippen molar-refractivity contribution in [2.75, 3.05) is 25.0 Å². The van der Waals surface area contributed by atoms with Gasteiger partial charge in [-0.1, -0.05) is 0 Å². The van der Waals surface area contributed by atoms with Gasteiger partial charge < -0.3 is 24.4 Å². The number of hydrogen-bond acceptors (Lipinski definition) is 5. The first-order valence-corrected chi connectivity index (χ1v) is 9.69. The molecule has 0 radical (unpaired) electrons. The van der Waals surface area contributed by atoms with Crippen LogP contribution in [0.4, 0.5) is 5.88 Å². The van der Waals surface area contributed by atoms with Gasteiger partial charge in [-0.3, -0.25) is 14.9 Å². The summed E-state index contributed by atoms with van der Waals surface area (Å²) in [6.07, 6.45) is 4.02. The third-order valence-corrected chi connectivity index (χ3v) is 5.28. The number of ether oxygens (including phenoxy) is 1. The molecule has 0 saturated carbocycles. The molecule has 156 valence electrons. The summed E-state index contributed by atoms with van der Waals surface area (Å²) in [6, 6.07) is 4.29. The highest BCUT2D eigenvalue weighted by molar-refractivity contribution is 6.10. The summed E-state index contributed by atoms with van der Waals surface area (Å²) in [6.45, 7) is 4.40. The second kappa shape index (κ2) is 8.52. The maximum atomic E-state index is 12.7. The van der Waals surface area contributed by atoms with Crippen molar-refractivity contribution in [3.05, 3.63) is 40.9 Å². The Morgan fingerprint density at radius 3 is 2.76 bits per heavy atom. The first-order valence-electron chi connectivity index (χ1n) is 9.69. The van der Waals surface area contributed by atoms with Crippen LogP contribution in [0.2, 0.25) is 0 Å². The smallest absolute Gasteiger partial charge is 0.342 e. The summed E-state index contributed by atoms with van der Waals surface area (Å²) in [7, 11) is 1.99. The van der Waals surface area contributed by atoms with E-state index in [1.54, 1.807) is 6.92 Å². The van der Waals surface area contributed by atoms with E-state index in [4.69, 9.17) is 14.9 Å². The number of aromatic nitrogens is 1. The summed E-state index contributed by atoms with van der Waals surface area (Å²) in [5.74, 6) is -1.83. The third kappa shape index (κ3) is 4.19. The molecule has 1 fully saturated rings. The van der Waals surface area contributed by atoms with Gasteiger partial charge in [-0.2, -0.15) is 0 Å². The van der Waals surface area contributed by atoms with E-state index in [0.29, 0.717) is 0 Å². The van der Waals surface area contributed by atoms with Crippen LogP contribution in [0.1, 0.15) is 58.0 Å². The Morgan fingerprint density at radius 2 is 2.14 bits per heavy atom. The molecule has 2 aromatic heterocycles. The minimum atomic E-state index is -0.865. The number of likely N-dealkylation sites (tertiary alicyclic amines) is 1. The van der Waals surface area contributed by atoms with E-state index in [-0.39, 0.29) is 47.9 Å². The lowest BCUT2D eigenvalue weighted by Crippen LogP contribution is -3.11. The molecule has 0 bridgehead atoms. The van der Waals surface area contributed by atoms with E-state index in [0.717, 1.165) is 24.3 Å². The Kier molecular flexibility index (Phi) is 6.07. The van der Waals surface area contributed by atoms with Gasteiger partial charge in [0.1, 0.15) is 22.9 Å². The van der Waals surface area contributed by atoms with Crippen LogP contribution in [-0.4, -0.2) is 42.0 Å². The number of amides is 2.